The van der Waals surface area contributed by atoms with Gasteiger partial charge in [0.2, 0.25) is 5.89 Å². The Morgan fingerprint density at radius 3 is 2.11 bits per heavy atom. The molecular formula is C24H34N2O2. The maximum atomic E-state index is 5.80. The van der Waals surface area contributed by atoms with Crippen molar-refractivity contribution < 1.29 is 9.15 Å². The SMILES string of the molecule is CC.CC.Cc1ccc(-c2nc(CCCOc3ccc(N)cc3)c(C)o2)cc1. The number of nitrogens with zero attached hydrogens (tertiary/aromatic N) is 1. The third-order valence-electron chi connectivity index (χ3n) is 3.90. The van der Waals surface area contributed by atoms with Crippen LogP contribution in [-0.4, -0.2) is 11.6 Å². The average Bonchev–Trinajstić information content (AvgIpc) is 3.11. The van der Waals surface area contributed by atoms with Crippen molar-refractivity contribution in [2.24, 2.45) is 0 Å². The molecule has 3 aromatic rings. The predicted molar refractivity (Wildman–Crippen MR) is 119 cm³/mol. The van der Waals surface area contributed by atoms with Crippen molar-refractivity contribution in [1.29, 1.82) is 0 Å². The minimum Gasteiger partial charge on any atom is -0.494 e. The molecule has 0 spiro atoms. The molecule has 0 unspecified atom stereocenters. The molecule has 4 heteroatoms. The standard InChI is InChI=1S/C20H22N2O2.2C2H6/c1-14-5-7-16(8-6-14)20-22-19(15(2)24-20)4-3-13-23-18-11-9-17(21)10-12-18;2*1-2/h5-12H,3-4,13,21H2,1-2H3;2*1-2H3. The van der Waals surface area contributed by atoms with Gasteiger partial charge in [-0.3, -0.25) is 0 Å². The van der Waals surface area contributed by atoms with Gasteiger partial charge in [0.1, 0.15) is 11.5 Å². The summed E-state index contributed by atoms with van der Waals surface area (Å²) in [5, 5.41) is 0. The monoisotopic (exact) mass is 382 g/mol. The first kappa shape index (κ1) is 23.3. The molecule has 152 valence electrons. The van der Waals surface area contributed by atoms with Crippen LogP contribution in [-0.2, 0) is 6.42 Å². The van der Waals surface area contributed by atoms with E-state index >= 15 is 0 Å². The smallest absolute Gasteiger partial charge is 0.226 e. The fourth-order valence-corrected chi connectivity index (χ4v) is 2.47. The van der Waals surface area contributed by atoms with Crippen LogP contribution in [0.15, 0.2) is 52.9 Å². The van der Waals surface area contributed by atoms with Crippen molar-refractivity contribution >= 4 is 5.69 Å². The summed E-state index contributed by atoms with van der Waals surface area (Å²) < 4.78 is 11.5. The molecule has 0 radical (unpaired) electrons. The third kappa shape index (κ3) is 7.10. The molecule has 0 aliphatic carbocycles. The summed E-state index contributed by atoms with van der Waals surface area (Å²) >= 11 is 0. The molecule has 0 aliphatic heterocycles. The zero-order valence-corrected chi connectivity index (χ0v) is 18.1. The molecule has 0 atom stereocenters. The second-order valence-electron chi connectivity index (χ2n) is 5.91. The molecule has 2 N–H and O–H groups in total. The van der Waals surface area contributed by atoms with Gasteiger partial charge in [-0.15, -0.1) is 0 Å². The van der Waals surface area contributed by atoms with Crippen LogP contribution < -0.4 is 10.5 Å². The van der Waals surface area contributed by atoms with Gasteiger partial charge in [0.15, 0.2) is 0 Å². The summed E-state index contributed by atoms with van der Waals surface area (Å²) in [7, 11) is 0. The van der Waals surface area contributed by atoms with Crippen molar-refractivity contribution in [3.05, 3.63) is 65.5 Å². The summed E-state index contributed by atoms with van der Waals surface area (Å²) in [5.41, 5.74) is 9.62. The van der Waals surface area contributed by atoms with E-state index in [1.165, 1.54) is 5.56 Å². The highest BCUT2D eigenvalue weighted by molar-refractivity contribution is 5.54. The highest BCUT2D eigenvalue weighted by Gasteiger charge is 2.11. The lowest BCUT2D eigenvalue weighted by atomic mass is 10.1. The lowest BCUT2D eigenvalue weighted by Gasteiger charge is -2.05. The van der Waals surface area contributed by atoms with Gasteiger partial charge in [0.05, 0.1) is 12.3 Å². The lowest BCUT2D eigenvalue weighted by Crippen LogP contribution is -2.00. The number of ether oxygens (including phenoxy) is 1. The van der Waals surface area contributed by atoms with E-state index in [0.717, 1.165) is 41.3 Å². The number of rotatable bonds is 6. The second-order valence-corrected chi connectivity index (χ2v) is 5.91. The molecule has 0 saturated heterocycles. The van der Waals surface area contributed by atoms with Crippen LogP contribution in [0.3, 0.4) is 0 Å². The summed E-state index contributed by atoms with van der Waals surface area (Å²) in [5.74, 6) is 2.39. The molecule has 2 aromatic carbocycles. The van der Waals surface area contributed by atoms with Crippen molar-refractivity contribution in [3.63, 3.8) is 0 Å². The largest absolute Gasteiger partial charge is 0.494 e. The zero-order valence-electron chi connectivity index (χ0n) is 18.1. The fraction of sp³-hybridized carbons (Fsp3) is 0.375. The quantitative estimate of drug-likeness (QED) is 0.385. The molecule has 0 amide bonds. The number of anilines is 1. The van der Waals surface area contributed by atoms with E-state index in [9.17, 15) is 0 Å². The molecule has 1 heterocycles. The molecule has 28 heavy (non-hydrogen) atoms. The van der Waals surface area contributed by atoms with Gasteiger partial charge in [-0.25, -0.2) is 4.98 Å². The van der Waals surface area contributed by atoms with Gasteiger partial charge in [-0.2, -0.15) is 0 Å². The highest BCUT2D eigenvalue weighted by atomic mass is 16.5. The van der Waals surface area contributed by atoms with Crippen LogP contribution in [0.1, 0.15) is 51.1 Å². The molecule has 4 nitrogen and oxygen atoms in total. The Hall–Kier alpha value is -2.75. The van der Waals surface area contributed by atoms with Gasteiger partial charge < -0.3 is 14.9 Å². The molecule has 0 bridgehead atoms. The molecule has 1 aromatic heterocycles. The second kappa shape index (κ2) is 12.6. The molecule has 0 fully saturated rings. The molecule has 0 saturated carbocycles. The summed E-state index contributed by atoms with van der Waals surface area (Å²) in [6.07, 6.45) is 1.71. The van der Waals surface area contributed by atoms with Crippen molar-refractivity contribution in [1.82, 2.24) is 4.98 Å². The topological polar surface area (TPSA) is 61.3 Å². The fourth-order valence-electron chi connectivity index (χ4n) is 2.47. The highest BCUT2D eigenvalue weighted by Crippen LogP contribution is 2.23. The first-order valence-electron chi connectivity index (χ1n) is 10.1. The number of hydrogen-bond donors (Lipinski definition) is 1. The number of nitrogen functional groups attached to an aromatic ring is 1. The van der Waals surface area contributed by atoms with Crippen molar-refractivity contribution in [2.45, 2.75) is 54.4 Å². The van der Waals surface area contributed by atoms with E-state index in [0.29, 0.717) is 12.5 Å². The number of oxazole rings is 1. The Bertz CT molecular complexity index is 790. The van der Waals surface area contributed by atoms with Crippen molar-refractivity contribution in [2.75, 3.05) is 12.3 Å². The van der Waals surface area contributed by atoms with Crippen LogP contribution in [0, 0.1) is 13.8 Å². The van der Waals surface area contributed by atoms with Crippen LogP contribution in [0.25, 0.3) is 11.5 Å². The first-order valence-corrected chi connectivity index (χ1v) is 10.1. The van der Waals surface area contributed by atoms with E-state index < -0.39 is 0 Å². The maximum Gasteiger partial charge on any atom is 0.226 e. The normalized spacial score (nSPS) is 9.64. The van der Waals surface area contributed by atoms with E-state index in [2.05, 4.69) is 24.0 Å². The predicted octanol–water partition coefficient (Wildman–Crippen LogP) is 6.60. The van der Waals surface area contributed by atoms with Gasteiger partial charge in [-0.05, 0) is 63.1 Å². The number of aryl methyl sites for hydroxylation is 3. The molecule has 3 rings (SSSR count). The number of nitrogens with two attached hydrogens (primary N) is 1. The summed E-state index contributed by atoms with van der Waals surface area (Å²) in [6, 6.07) is 15.6. The molecule has 0 aliphatic rings. The maximum absolute atomic E-state index is 5.80. The Morgan fingerprint density at radius 2 is 1.50 bits per heavy atom. The number of hydrogen-bond acceptors (Lipinski definition) is 4. The minimum atomic E-state index is 0.635. The van der Waals surface area contributed by atoms with Crippen molar-refractivity contribution in [3.8, 4) is 17.2 Å². The Balaban J connectivity index is 0.000000921. The van der Waals surface area contributed by atoms with Crippen LogP contribution in [0.2, 0.25) is 0 Å². The van der Waals surface area contributed by atoms with Gasteiger partial charge >= 0.3 is 0 Å². The average molecular weight is 383 g/mol. The Morgan fingerprint density at radius 1 is 0.893 bits per heavy atom. The number of aromatic nitrogens is 1. The Kier molecular flexibility index (Phi) is 10.5. The van der Waals surface area contributed by atoms with E-state index in [1.807, 2.05) is 71.0 Å². The van der Waals surface area contributed by atoms with Gasteiger partial charge in [0.25, 0.3) is 0 Å². The van der Waals surface area contributed by atoms with Crippen LogP contribution in [0.5, 0.6) is 5.75 Å². The van der Waals surface area contributed by atoms with Gasteiger partial charge in [-0.1, -0.05) is 45.4 Å². The van der Waals surface area contributed by atoms with E-state index in [4.69, 9.17) is 14.9 Å². The van der Waals surface area contributed by atoms with E-state index in [-0.39, 0.29) is 0 Å². The third-order valence-corrected chi connectivity index (χ3v) is 3.90. The minimum absolute atomic E-state index is 0.635. The Labute approximate surface area is 169 Å². The van der Waals surface area contributed by atoms with Crippen LogP contribution in [0.4, 0.5) is 5.69 Å². The summed E-state index contributed by atoms with van der Waals surface area (Å²) in [4.78, 5) is 4.63. The first-order chi connectivity index (χ1) is 13.6. The van der Waals surface area contributed by atoms with Crippen LogP contribution >= 0.6 is 0 Å². The zero-order chi connectivity index (χ0) is 20.9. The summed E-state index contributed by atoms with van der Waals surface area (Å²) in [6.45, 7) is 12.7. The lowest BCUT2D eigenvalue weighted by molar-refractivity contribution is 0.310. The van der Waals surface area contributed by atoms with Gasteiger partial charge in [0, 0.05) is 11.3 Å². The number of benzene rings is 2. The van der Waals surface area contributed by atoms with E-state index in [1.54, 1.807) is 0 Å². The molecular weight excluding hydrogens is 348 g/mol.